The summed E-state index contributed by atoms with van der Waals surface area (Å²) >= 11 is 0. The summed E-state index contributed by atoms with van der Waals surface area (Å²) in [6, 6.07) is 11.9. The molecule has 0 aliphatic carbocycles. The van der Waals surface area contributed by atoms with Crippen LogP contribution in [0.4, 0.5) is 0 Å². The molecule has 1 amide bonds. The van der Waals surface area contributed by atoms with Gasteiger partial charge in [-0.2, -0.15) is 0 Å². The number of nitrogens with one attached hydrogen (secondary N) is 1. The normalized spacial score (nSPS) is 12.9. The van der Waals surface area contributed by atoms with Crippen molar-refractivity contribution < 1.29 is 26.4 Å². The van der Waals surface area contributed by atoms with Crippen LogP contribution in [0.15, 0.2) is 58.3 Å². The molecule has 10 heteroatoms. The van der Waals surface area contributed by atoms with Crippen LogP contribution in [-0.4, -0.2) is 60.1 Å². The second-order valence-corrected chi connectivity index (χ2v) is 11.4. The number of ether oxygens (including phenoxy) is 1. The van der Waals surface area contributed by atoms with Gasteiger partial charge in [0.2, 0.25) is 10.0 Å². The summed E-state index contributed by atoms with van der Waals surface area (Å²) < 4.78 is 56.1. The van der Waals surface area contributed by atoms with Crippen molar-refractivity contribution in [2.24, 2.45) is 0 Å². The lowest BCUT2D eigenvalue weighted by Gasteiger charge is -2.18. The highest BCUT2D eigenvalue weighted by atomic mass is 32.2. The molecule has 1 atom stereocenters. The van der Waals surface area contributed by atoms with E-state index in [0.717, 1.165) is 6.26 Å². The molecule has 2 aromatic rings. The first kappa shape index (κ1) is 25.8. The molecule has 1 N–H and O–H groups in total. The van der Waals surface area contributed by atoms with Gasteiger partial charge in [0.25, 0.3) is 5.91 Å². The maximum absolute atomic E-state index is 12.6. The zero-order chi connectivity index (χ0) is 23.9. The minimum atomic E-state index is -3.62. The predicted octanol–water partition coefficient (Wildman–Crippen LogP) is 2.71. The van der Waals surface area contributed by atoms with Crippen LogP contribution < -0.4 is 9.46 Å². The van der Waals surface area contributed by atoms with E-state index in [2.05, 4.69) is 4.72 Å². The molecule has 0 radical (unpaired) electrons. The standard InChI is InChI=1S/C22H30N2O6S2/c1-5-17(2)23-32(28,29)20-12-10-18(11-13-20)22(25)24(3)14-7-15-30-19-8-6-9-21(16-19)31(4,26)27/h6,8-13,16-17,23H,5,7,14-15H2,1-4H3. The highest BCUT2D eigenvalue weighted by molar-refractivity contribution is 7.90. The Balaban J connectivity index is 1.89. The summed E-state index contributed by atoms with van der Waals surface area (Å²) in [5.74, 6) is 0.215. The molecule has 0 aliphatic rings. The third kappa shape index (κ3) is 7.32. The minimum absolute atomic E-state index is 0.113. The molecule has 0 fully saturated rings. The molecule has 2 aromatic carbocycles. The Morgan fingerprint density at radius 3 is 2.31 bits per heavy atom. The molecule has 0 heterocycles. The zero-order valence-electron chi connectivity index (χ0n) is 18.7. The van der Waals surface area contributed by atoms with E-state index in [9.17, 15) is 21.6 Å². The van der Waals surface area contributed by atoms with Crippen molar-refractivity contribution in [3.8, 4) is 5.75 Å². The van der Waals surface area contributed by atoms with Crippen LogP contribution in [0.25, 0.3) is 0 Å². The van der Waals surface area contributed by atoms with Gasteiger partial charge in [-0.15, -0.1) is 0 Å². The Bertz CT molecular complexity index is 1130. The van der Waals surface area contributed by atoms with Gasteiger partial charge in [0, 0.05) is 31.5 Å². The van der Waals surface area contributed by atoms with Crippen LogP contribution in [0.1, 0.15) is 37.0 Å². The Kier molecular flexibility index (Phi) is 8.82. The molecule has 32 heavy (non-hydrogen) atoms. The van der Waals surface area contributed by atoms with E-state index in [1.54, 1.807) is 26.1 Å². The molecule has 0 spiro atoms. The van der Waals surface area contributed by atoms with Crippen LogP contribution in [0.2, 0.25) is 0 Å². The van der Waals surface area contributed by atoms with E-state index in [1.165, 1.54) is 41.3 Å². The minimum Gasteiger partial charge on any atom is -0.493 e. The quantitative estimate of drug-likeness (QED) is 0.493. The fraction of sp³-hybridized carbons (Fsp3) is 0.409. The van der Waals surface area contributed by atoms with E-state index < -0.39 is 19.9 Å². The average Bonchev–Trinajstić information content (AvgIpc) is 2.75. The number of carbonyl (C=O) groups excluding carboxylic acids is 1. The molecule has 0 saturated carbocycles. The Morgan fingerprint density at radius 2 is 1.72 bits per heavy atom. The summed E-state index contributed by atoms with van der Waals surface area (Å²) in [6.07, 6.45) is 2.35. The second-order valence-electron chi connectivity index (χ2n) is 7.63. The van der Waals surface area contributed by atoms with E-state index in [-0.39, 0.29) is 21.7 Å². The summed E-state index contributed by atoms with van der Waals surface area (Å²) in [4.78, 5) is 14.4. The van der Waals surface area contributed by atoms with Gasteiger partial charge in [-0.1, -0.05) is 13.0 Å². The average molecular weight is 483 g/mol. The number of amides is 1. The largest absolute Gasteiger partial charge is 0.493 e. The van der Waals surface area contributed by atoms with Crippen molar-refractivity contribution in [2.75, 3.05) is 26.5 Å². The molecule has 1 unspecified atom stereocenters. The van der Waals surface area contributed by atoms with E-state index >= 15 is 0 Å². The summed E-state index contributed by atoms with van der Waals surface area (Å²) in [5.41, 5.74) is 0.386. The number of carbonyl (C=O) groups is 1. The topological polar surface area (TPSA) is 110 Å². The van der Waals surface area contributed by atoms with Crippen LogP contribution >= 0.6 is 0 Å². The lowest BCUT2D eigenvalue weighted by Crippen LogP contribution is -2.32. The van der Waals surface area contributed by atoms with Gasteiger partial charge in [0.05, 0.1) is 16.4 Å². The fourth-order valence-electron chi connectivity index (χ4n) is 2.80. The third-order valence-electron chi connectivity index (χ3n) is 4.87. The van der Waals surface area contributed by atoms with Gasteiger partial charge in [-0.3, -0.25) is 4.79 Å². The van der Waals surface area contributed by atoms with E-state index in [4.69, 9.17) is 4.74 Å². The molecule has 2 rings (SSSR count). The number of rotatable bonds is 11. The summed E-state index contributed by atoms with van der Waals surface area (Å²) in [6.45, 7) is 4.41. The first-order valence-corrected chi connectivity index (χ1v) is 13.6. The Labute approximate surface area is 190 Å². The summed E-state index contributed by atoms with van der Waals surface area (Å²) in [5, 5.41) is 0. The molecule has 0 saturated heterocycles. The molecule has 176 valence electrons. The van der Waals surface area contributed by atoms with Crippen molar-refractivity contribution in [1.82, 2.24) is 9.62 Å². The molecule has 0 aromatic heterocycles. The van der Waals surface area contributed by atoms with Crippen LogP contribution in [0.5, 0.6) is 5.75 Å². The molecule has 8 nitrogen and oxygen atoms in total. The van der Waals surface area contributed by atoms with Crippen molar-refractivity contribution in [2.45, 2.75) is 42.5 Å². The number of hydrogen-bond acceptors (Lipinski definition) is 6. The highest BCUT2D eigenvalue weighted by Crippen LogP contribution is 2.18. The second kappa shape index (κ2) is 10.9. The Hall–Kier alpha value is -2.43. The van der Waals surface area contributed by atoms with Crippen molar-refractivity contribution in [3.63, 3.8) is 0 Å². The van der Waals surface area contributed by atoms with Crippen LogP contribution in [0, 0.1) is 0 Å². The molecular weight excluding hydrogens is 452 g/mol. The van der Waals surface area contributed by atoms with Gasteiger partial charge < -0.3 is 9.64 Å². The first-order chi connectivity index (χ1) is 14.9. The molecule has 0 aliphatic heterocycles. The van der Waals surface area contributed by atoms with Gasteiger partial charge >= 0.3 is 0 Å². The predicted molar refractivity (Wildman–Crippen MR) is 123 cm³/mol. The number of hydrogen-bond donors (Lipinski definition) is 1. The van der Waals surface area contributed by atoms with E-state index in [1.807, 2.05) is 6.92 Å². The van der Waals surface area contributed by atoms with Gasteiger partial charge in [-0.05, 0) is 62.2 Å². The SMILES string of the molecule is CCC(C)NS(=O)(=O)c1ccc(C(=O)N(C)CCCOc2cccc(S(C)(=O)=O)c2)cc1. The zero-order valence-corrected chi connectivity index (χ0v) is 20.4. The monoisotopic (exact) mass is 482 g/mol. The van der Waals surface area contributed by atoms with Crippen LogP contribution in [0.3, 0.4) is 0 Å². The fourth-order valence-corrected chi connectivity index (χ4v) is 4.78. The lowest BCUT2D eigenvalue weighted by molar-refractivity contribution is 0.0787. The molecule has 0 bridgehead atoms. The van der Waals surface area contributed by atoms with Crippen LogP contribution in [-0.2, 0) is 19.9 Å². The highest BCUT2D eigenvalue weighted by Gasteiger charge is 2.18. The van der Waals surface area contributed by atoms with Gasteiger partial charge in [0.1, 0.15) is 5.75 Å². The van der Waals surface area contributed by atoms with Crippen molar-refractivity contribution >= 4 is 25.8 Å². The van der Waals surface area contributed by atoms with Gasteiger partial charge in [0.15, 0.2) is 9.84 Å². The number of benzene rings is 2. The van der Waals surface area contributed by atoms with Crippen molar-refractivity contribution in [1.29, 1.82) is 0 Å². The Morgan fingerprint density at radius 1 is 1.06 bits per heavy atom. The van der Waals surface area contributed by atoms with E-state index in [0.29, 0.717) is 37.3 Å². The maximum Gasteiger partial charge on any atom is 0.253 e. The molecular formula is C22H30N2O6S2. The van der Waals surface area contributed by atoms with Crippen molar-refractivity contribution in [3.05, 3.63) is 54.1 Å². The number of sulfone groups is 1. The summed E-state index contributed by atoms with van der Waals surface area (Å²) in [7, 11) is -5.27. The number of sulfonamides is 1. The lowest BCUT2D eigenvalue weighted by atomic mass is 10.2. The van der Waals surface area contributed by atoms with Gasteiger partial charge in [-0.25, -0.2) is 21.6 Å². The first-order valence-electron chi connectivity index (χ1n) is 10.2. The maximum atomic E-state index is 12.6. The number of nitrogens with zero attached hydrogens (tertiary/aromatic N) is 1. The third-order valence-corrected chi connectivity index (χ3v) is 7.58. The smallest absolute Gasteiger partial charge is 0.253 e.